The van der Waals surface area contributed by atoms with E-state index in [0.717, 1.165) is 5.56 Å². The van der Waals surface area contributed by atoms with Crippen LogP contribution >= 0.6 is 9.24 Å². The summed E-state index contributed by atoms with van der Waals surface area (Å²) < 4.78 is 26.9. The second-order valence-electron chi connectivity index (χ2n) is 2.47. The average molecular weight is 218 g/mol. The predicted molar refractivity (Wildman–Crippen MR) is 54.7 cm³/mol. The van der Waals surface area contributed by atoms with Crippen molar-refractivity contribution in [3.8, 4) is 0 Å². The first kappa shape index (κ1) is 10.6. The highest BCUT2D eigenvalue weighted by Gasteiger charge is 2.10. The quantitative estimate of drug-likeness (QED) is 0.566. The summed E-state index contributed by atoms with van der Waals surface area (Å²) in [6.45, 7) is 0. The minimum Gasteiger partial charge on any atom is -0.266 e. The topological polar surface area (TPSA) is 43.4 Å². The van der Waals surface area contributed by atoms with Gasteiger partial charge in [0.05, 0.1) is 6.35 Å². The van der Waals surface area contributed by atoms with E-state index >= 15 is 0 Å². The summed E-state index contributed by atoms with van der Waals surface area (Å²) in [6.07, 6.45) is 0.106. The molecule has 0 saturated carbocycles. The van der Waals surface area contributed by atoms with Crippen LogP contribution in [0.5, 0.6) is 0 Å². The van der Waals surface area contributed by atoms with Crippen LogP contribution in [-0.2, 0) is 20.1 Å². The lowest BCUT2D eigenvalue weighted by atomic mass is 10.2. The Hall–Kier alpha value is -0.440. The molecular weight excluding hydrogens is 207 g/mol. The molecule has 1 aromatic rings. The van der Waals surface area contributed by atoms with E-state index in [4.69, 9.17) is 0 Å². The Labute approximate surface area is 80.4 Å². The Morgan fingerprint density at radius 1 is 1.23 bits per heavy atom. The highest BCUT2D eigenvalue weighted by Crippen LogP contribution is 2.07. The second kappa shape index (κ2) is 4.70. The fourth-order valence-corrected chi connectivity index (χ4v) is 2.44. The molecule has 0 aromatic heterocycles. The van der Waals surface area contributed by atoms with Crippen LogP contribution in [0, 0.1) is 0 Å². The van der Waals surface area contributed by atoms with E-state index in [-0.39, 0.29) is 12.1 Å². The fourth-order valence-electron chi connectivity index (χ4n) is 0.924. The van der Waals surface area contributed by atoms with Gasteiger partial charge in [0, 0.05) is 0 Å². The predicted octanol–water partition coefficient (Wildman–Crippen LogP) is 1.37. The molecule has 1 aromatic carbocycles. The van der Waals surface area contributed by atoms with E-state index in [2.05, 4.69) is 13.4 Å². The lowest BCUT2D eigenvalue weighted by Crippen LogP contribution is -2.07. The van der Waals surface area contributed by atoms with Crippen LogP contribution in [0.2, 0.25) is 0 Å². The van der Waals surface area contributed by atoms with E-state index < -0.39 is 10.1 Å². The molecule has 0 amide bonds. The van der Waals surface area contributed by atoms with E-state index in [1.807, 2.05) is 6.07 Å². The summed E-state index contributed by atoms with van der Waals surface area (Å²) in [5.41, 5.74) is 0.737. The number of benzene rings is 1. The van der Waals surface area contributed by atoms with Crippen LogP contribution in [0.3, 0.4) is 0 Å². The van der Waals surface area contributed by atoms with Crippen molar-refractivity contribution in [1.82, 2.24) is 0 Å². The Bertz CT molecular complexity index is 347. The van der Waals surface area contributed by atoms with E-state index in [1.165, 1.54) is 0 Å². The third kappa shape index (κ3) is 3.85. The third-order valence-electron chi connectivity index (χ3n) is 1.43. The summed E-state index contributed by atoms with van der Waals surface area (Å²) in [5.74, 6) is -0.0672. The molecule has 0 aliphatic rings. The van der Waals surface area contributed by atoms with E-state index in [0.29, 0.717) is 0 Å². The van der Waals surface area contributed by atoms with Crippen LogP contribution in [-0.4, -0.2) is 14.8 Å². The molecule has 0 bridgehead atoms. The van der Waals surface area contributed by atoms with Crippen molar-refractivity contribution in [2.45, 2.75) is 5.75 Å². The highest BCUT2D eigenvalue weighted by molar-refractivity contribution is 7.86. The van der Waals surface area contributed by atoms with Gasteiger partial charge in [-0.2, -0.15) is 8.42 Å². The highest BCUT2D eigenvalue weighted by atomic mass is 32.2. The van der Waals surface area contributed by atoms with Crippen LogP contribution < -0.4 is 0 Å². The molecule has 0 heterocycles. The van der Waals surface area contributed by atoms with Gasteiger partial charge in [-0.3, -0.25) is 4.18 Å². The van der Waals surface area contributed by atoms with Gasteiger partial charge in [-0.15, -0.1) is 9.24 Å². The maximum atomic E-state index is 11.2. The molecule has 13 heavy (non-hydrogen) atoms. The molecule has 0 radical (unpaired) electrons. The molecule has 0 N–H and O–H groups in total. The van der Waals surface area contributed by atoms with Gasteiger partial charge in [0.15, 0.2) is 0 Å². The van der Waals surface area contributed by atoms with Gasteiger partial charge in [-0.25, -0.2) is 0 Å². The Kier molecular flexibility index (Phi) is 3.85. The Morgan fingerprint density at radius 3 is 2.38 bits per heavy atom. The second-order valence-corrected chi connectivity index (χ2v) is 4.45. The van der Waals surface area contributed by atoms with Crippen LogP contribution in [0.4, 0.5) is 0 Å². The van der Waals surface area contributed by atoms with E-state index in [1.54, 1.807) is 24.3 Å². The minimum atomic E-state index is -3.41. The molecular formula is C8H11O3PS. The van der Waals surface area contributed by atoms with Gasteiger partial charge in [0.25, 0.3) is 10.1 Å². The van der Waals surface area contributed by atoms with E-state index in [9.17, 15) is 8.42 Å². The van der Waals surface area contributed by atoms with Gasteiger partial charge < -0.3 is 0 Å². The summed E-state index contributed by atoms with van der Waals surface area (Å²) >= 11 is 0. The lowest BCUT2D eigenvalue weighted by Gasteiger charge is -2.02. The molecule has 0 fully saturated rings. The summed E-state index contributed by atoms with van der Waals surface area (Å²) in [4.78, 5) is 0. The smallest absolute Gasteiger partial charge is 0.266 e. The summed E-state index contributed by atoms with van der Waals surface area (Å²) in [7, 11) is -1.20. The lowest BCUT2D eigenvalue weighted by molar-refractivity contribution is 0.380. The SMILES string of the molecule is O=S(=O)(Cc1ccccc1)OCP. The molecule has 0 aliphatic carbocycles. The molecule has 1 atom stereocenters. The zero-order valence-corrected chi connectivity index (χ0v) is 8.98. The molecule has 1 rings (SSSR count). The van der Waals surface area contributed by atoms with Gasteiger partial charge >= 0.3 is 0 Å². The minimum absolute atomic E-state index is 0.0672. The van der Waals surface area contributed by atoms with Crippen molar-refractivity contribution in [3.63, 3.8) is 0 Å². The van der Waals surface area contributed by atoms with Crippen molar-refractivity contribution in [3.05, 3.63) is 35.9 Å². The zero-order valence-electron chi connectivity index (χ0n) is 7.01. The summed E-state index contributed by atoms with van der Waals surface area (Å²) in [6, 6.07) is 8.94. The normalized spacial score (nSPS) is 11.5. The molecule has 3 nitrogen and oxygen atoms in total. The van der Waals surface area contributed by atoms with Gasteiger partial charge in [0.2, 0.25) is 0 Å². The Morgan fingerprint density at radius 2 is 1.85 bits per heavy atom. The van der Waals surface area contributed by atoms with Crippen molar-refractivity contribution in [2.75, 3.05) is 6.35 Å². The average Bonchev–Trinajstić information content (AvgIpc) is 2.04. The zero-order chi connectivity index (χ0) is 9.73. The standard InChI is InChI=1S/C8H11O3PS/c9-13(10,11-7-12)6-8-4-2-1-3-5-8/h1-5H,6-7,12H2. The van der Waals surface area contributed by atoms with Crippen LogP contribution in [0.25, 0.3) is 0 Å². The Balaban J connectivity index is 2.70. The molecule has 0 aliphatic heterocycles. The van der Waals surface area contributed by atoms with Crippen molar-refractivity contribution >= 4 is 19.4 Å². The molecule has 5 heteroatoms. The molecule has 0 spiro atoms. The number of rotatable bonds is 4. The van der Waals surface area contributed by atoms with Gasteiger partial charge in [-0.1, -0.05) is 30.3 Å². The van der Waals surface area contributed by atoms with Crippen LogP contribution in [0.1, 0.15) is 5.56 Å². The maximum Gasteiger partial charge on any atom is 0.271 e. The van der Waals surface area contributed by atoms with Crippen LogP contribution in [0.15, 0.2) is 30.3 Å². The van der Waals surface area contributed by atoms with Crippen molar-refractivity contribution < 1.29 is 12.6 Å². The first-order chi connectivity index (χ1) is 6.14. The largest absolute Gasteiger partial charge is 0.271 e. The monoisotopic (exact) mass is 218 g/mol. The summed E-state index contributed by atoms with van der Waals surface area (Å²) in [5, 5.41) is 0. The van der Waals surface area contributed by atoms with Gasteiger partial charge in [-0.05, 0) is 5.56 Å². The number of hydrogen-bond donors (Lipinski definition) is 0. The van der Waals surface area contributed by atoms with Crippen molar-refractivity contribution in [1.29, 1.82) is 0 Å². The van der Waals surface area contributed by atoms with Crippen molar-refractivity contribution in [2.24, 2.45) is 0 Å². The number of hydrogen-bond acceptors (Lipinski definition) is 3. The first-order valence-corrected chi connectivity index (χ1v) is 6.14. The molecule has 1 unspecified atom stereocenters. The fraction of sp³-hybridized carbons (Fsp3) is 0.250. The third-order valence-corrected chi connectivity index (χ3v) is 3.02. The maximum absolute atomic E-state index is 11.2. The molecule has 0 saturated heterocycles. The molecule has 72 valence electrons. The first-order valence-electron chi connectivity index (χ1n) is 3.75. The van der Waals surface area contributed by atoms with Gasteiger partial charge in [0.1, 0.15) is 5.75 Å².